The molecular weight excluding hydrogens is 400 g/mol. The maximum absolute atomic E-state index is 10.6. The third kappa shape index (κ3) is 3.11. The standard InChI is InChI=1S/C26H30N4O2/c1-19-11-10-12-20(15-19)22-24(16-27,17-28)25(18-29)21-13-8-6-4-2-3-5-7-9-14-26(21,31-22)32-23(25)30/h10-12,15,21-22,30H,2-9,13-14H2,1H3. The van der Waals surface area contributed by atoms with Crippen molar-refractivity contribution in [2.45, 2.75) is 83.0 Å². The van der Waals surface area contributed by atoms with E-state index in [2.05, 4.69) is 18.2 Å². The first kappa shape index (κ1) is 22.3. The van der Waals surface area contributed by atoms with Gasteiger partial charge in [0.2, 0.25) is 17.1 Å². The van der Waals surface area contributed by atoms with E-state index >= 15 is 0 Å². The van der Waals surface area contributed by atoms with Gasteiger partial charge in [0.15, 0.2) is 5.41 Å². The first-order valence-electron chi connectivity index (χ1n) is 11.8. The van der Waals surface area contributed by atoms with Gasteiger partial charge in [0.1, 0.15) is 6.10 Å². The number of hydrogen-bond acceptors (Lipinski definition) is 6. The lowest BCUT2D eigenvalue weighted by Gasteiger charge is -2.50. The summed E-state index contributed by atoms with van der Waals surface area (Å²) >= 11 is 0. The molecule has 6 heteroatoms. The highest BCUT2D eigenvalue weighted by Gasteiger charge is 2.79. The molecule has 4 rings (SSSR count). The molecule has 0 aromatic heterocycles. The van der Waals surface area contributed by atoms with Crippen molar-refractivity contribution in [1.29, 1.82) is 21.2 Å². The van der Waals surface area contributed by atoms with Crippen molar-refractivity contribution in [3.63, 3.8) is 0 Å². The summed E-state index contributed by atoms with van der Waals surface area (Å²) in [4.78, 5) is 0. The second-order valence-electron chi connectivity index (χ2n) is 9.53. The number of benzene rings is 1. The Balaban J connectivity index is 1.90. The first-order chi connectivity index (χ1) is 15.5. The van der Waals surface area contributed by atoms with Crippen LogP contribution in [0.15, 0.2) is 24.3 Å². The van der Waals surface area contributed by atoms with Crippen LogP contribution in [0.25, 0.3) is 0 Å². The summed E-state index contributed by atoms with van der Waals surface area (Å²) in [5.74, 6) is -1.96. The Morgan fingerprint density at radius 2 is 1.59 bits per heavy atom. The molecule has 4 unspecified atom stereocenters. The molecule has 6 nitrogen and oxygen atoms in total. The molecule has 4 atom stereocenters. The number of rotatable bonds is 1. The third-order valence-corrected chi connectivity index (χ3v) is 7.66. The van der Waals surface area contributed by atoms with E-state index in [0.29, 0.717) is 18.4 Å². The van der Waals surface area contributed by atoms with Crippen LogP contribution in [0.1, 0.15) is 81.4 Å². The van der Waals surface area contributed by atoms with E-state index in [0.717, 1.165) is 44.1 Å². The van der Waals surface area contributed by atoms with Gasteiger partial charge in [-0.3, -0.25) is 5.41 Å². The molecule has 0 radical (unpaired) electrons. The molecule has 2 bridgehead atoms. The topological polar surface area (TPSA) is 114 Å². The van der Waals surface area contributed by atoms with Crippen LogP contribution in [0.5, 0.6) is 0 Å². The summed E-state index contributed by atoms with van der Waals surface area (Å²) in [5.41, 5.74) is -1.87. The number of nitrogens with zero attached hydrogens (tertiary/aromatic N) is 3. The van der Waals surface area contributed by atoms with Crippen molar-refractivity contribution in [3.8, 4) is 18.2 Å². The van der Waals surface area contributed by atoms with E-state index in [1.165, 1.54) is 12.8 Å². The minimum atomic E-state index is -1.87. The SMILES string of the molecule is Cc1cccc(C2OC34CCCCCCCCCCC3C(C#N)(C(=N)O4)C2(C#N)C#N)c1. The molecule has 2 aliphatic heterocycles. The van der Waals surface area contributed by atoms with Gasteiger partial charge in [-0.1, -0.05) is 74.8 Å². The largest absolute Gasteiger partial charge is 0.447 e. The highest BCUT2D eigenvalue weighted by molar-refractivity contribution is 5.89. The van der Waals surface area contributed by atoms with Crippen LogP contribution >= 0.6 is 0 Å². The molecule has 1 aliphatic carbocycles. The summed E-state index contributed by atoms with van der Waals surface area (Å²) in [6, 6.07) is 14.2. The van der Waals surface area contributed by atoms with Gasteiger partial charge >= 0.3 is 0 Å². The molecule has 166 valence electrons. The number of nitriles is 3. The Morgan fingerprint density at radius 1 is 0.938 bits per heavy atom. The smallest absolute Gasteiger partial charge is 0.217 e. The fourth-order valence-electron chi connectivity index (χ4n) is 6.06. The Kier molecular flexibility index (Phi) is 5.98. The fraction of sp³-hybridized carbons (Fsp3) is 0.615. The van der Waals surface area contributed by atoms with Gasteiger partial charge in [0, 0.05) is 6.42 Å². The quantitative estimate of drug-likeness (QED) is 0.601. The molecule has 32 heavy (non-hydrogen) atoms. The zero-order valence-corrected chi connectivity index (χ0v) is 18.7. The van der Waals surface area contributed by atoms with Crippen LogP contribution in [0.3, 0.4) is 0 Å². The second kappa shape index (κ2) is 8.57. The number of hydrogen-bond donors (Lipinski definition) is 1. The van der Waals surface area contributed by atoms with E-state index in [1.54, 1.807) is 0 Å². The minimum absolute atomic E-state index is 0.280. The highest BCUT2D eigenvalue weighted by Crippen LogP contribution is 2.68. The zero-order chi connectivity index (χ0) is 22.8. The molecule has 0 amide bonds. The van der Waals surface area contributed by atoms with E-state index in [4.69, 9.17) is 14.9 Å². The molecule has 1 aromatic rings. The Hall–Kier alpha value is -2.88. The maximum Gasteiger partial charge on any atom is 0.217 e. The van der Waals surface area contributed by atoms with E-state index < -0.39 is 28.6 Å². The summed E-state index contributed by atoms with van der Waals surface area (Å²) in [6.07, 6.45) is 8.65. The highest BCUT2D eigenvalue weighted by atomic mass is 16.7. The van der Waals surface area contributed by atoms with Gasteiger partial charge in [0.25, 0.3) is 0 Å². The fourth-order valence-corrected chi connectivity index (χ4v) is 6.06. The third-order valence-electron chi connectivity index (χ3n) is 7.66. The molecule has 3 fully saturated rings. The van der Waals surface area contributed by atoms with Gasteiger partial charge in [-0.15, -0.1) is 0 Å². The lowest BCUT2D eigenvalue weighted by molar-refractivity contribution is -0.287. The van der Waals surface area contributed by atoms with Gasteiger partial charge in [-0.2, -0.15) is 15.8 Å². The number of aryl methyl sites for hydroxylation is 1. The minimum Gasteiger partial charge on any atom is -0.447 e. The Labute approximate surface area is 190 Å². The van der Waals surface area contributed by atoms with Crippen LogP contribution in [0.4, 0.5) is 0 Å². The molecule has 1 aromatic carbocycles. The van der Waals surface area contributed by atoms with Crippen molar-refractivity contribution in [2.24, 2.45) is 16.7 Å². The predicted octanol–water partition coefficient (Wildman–Crippen LogP) is 5.84. The lowest BCUT2D eigenvalue weighted by atomic mass is 9.52. The average Bonchev–Trinajstić information content (AvgIpc) is 2.97. The average molecular weight is 431 g/mol. The normalized spacial score (nSPS) is 34.4. The van der Waals surface area contributed by atoms with E-state index in [-0.39, 0.29) is 5.90 Å². The van der Waals surface area contributed by atoms with Crippen LogP contribution in [0, 0.1) is 63.1 Å². The zero-order valence-electron chi connectivity index (χ0n) is 18.7. The summed E-state index contributed by atoms with van der Waals surface area (Å²) in [7, 11) is 0. The van der Waals surface area contributed by atoms with Crippen molar-refractivity contribution >= 4 is 5.90 Å². The van der Waals surface area contributed by atoms with Gasteiger partial charge in [0.05, 0.1) is 24.1 Å². The van der Waals surface area contributed by atoms with Crippen molar-refractivity contribution in [2.75, 3.05) is 0 Å². The molecule has 0 spiro atoms. The molecule has 2 heterocycles. The monoisotopic (exact) mass is 430 g/mol. The molecular formula is C26H30N4O2. The number of ether oxygens (including phenoxy) is 2. The van der Waals surface area contributed by atoms with Gasteiger partial charge in [-0.05, 0) is 25.3 Å². The number of nitrogens with one attached hydrogen (secondary N) is 1. The van der Waals surface area contributed by atoms with E-state index in [9.17, 15) is 15.8 Å². The Bertz CT molecular complexity index is 1000. The molecule has 2 saturated heterocycles. The summed E-state index contributed by atoms with van der Waals surface area (Å²) in [6.45, 7) is 1.94. The van der Waals surface area contributed by atoms with Crippen LogP contribution in [-0.4, -0.2) is 11.7 Å². The van der Waals surface area contributed by atoms with Gasteiger partial charge in [-0.25, -0.2) is 0 Å². The molecule has 1 N–H and O–H groups in total. The van der Waals surface area contributed by atoms with Gasteiger partial charge < -0.3 is 9.47 Å². The van der Waals surface area contributed by atoms with Crippen LogP contribution in [-0.2, 0) is 9.47 Å². The predicted molar refractivity (Wildman–Crippen MR) is 118 cm³/mol. The first-order valence-corrected chi connectivity index (χ1v) is 11.8. The molecule has 3 aliphatic rings. The Morgan fingerprint density at radius 3 is 2.22 bits per heavy atom. The van der Waals surface area contributed by atoms with Crippen molar-refractivity contribution in [1.82, 2.24) is 0 Å². The second-order valence-corrected chi connectivity index (χ2v) is 9.53. The molecule has 1 saturated carbocycles. The summed E-state index contributed by atoms with van der Waals surface area (Å²) in [5, 5.41) is 40.2. The van der Waals surface area contributed by atoms with E-state index in [1.807, 2.05) is 31.2 Å². The lowest BCUT2D eigenvalue weighted by Crippen LogP contribution is -2.59. The van der Waals surface area contributed by atoms with Crippen LogP contribution < -0.4 is 0 Å². The summed E-state index contributed by atoms with van der Waals surface area (Å²) < 4.78 is 12.8. The van der Waals surface area contributed by atoms with Crippen LogP contribution in [0.2, 0.25) is 0 Å². The van der Waals surface area contributed by atoms with Crippen molar-refractivity contribution < 1.29 is 9.47 Å². The van der Waals surface area contributed by atoms with Crippen molar-refractivity contribution in [3.05, 3.63) is 35.4 Å². The maximum atomic E-state index is 10.6.